The van der Waals surface area contributed by atoms with E-state index in [0.29, 0.717) is 11.6 Å². The van der Waals surface area contributed by atoms with E-state index in [9.17, 15) is 4.79 Å². The van der Waals surface area contributed by atoms with E-state index in [4.69, 9.17) is 11.6 Å². The number of halogens is 1. The second-order valence-corrected chi connectivity index (χ2v) is 11.5. The molecule has 3 heterocycles. The molecule has 200 valence electrons. The van der Waals surface area contributed by atoms with Crippen LogP contribution >= 0.6 is 11.6 Å². The lowest BCUT2D eigenvalue weighted by atomic mass is 9.85. The average molecular weight is 532 g/mol. The van der Waals surface area contributed by atoms with Crippen molar-refractivity contribution in [3.8, 4) is 0 Å². The van der Waals surface area contributed by atoms with Gasteiger partial charge in [0, 0.05) is 54.2 Å². The summed E-state index contributed by atoms with van der Waals surface area (Å²) < 4.78 is 0. The van der Waals surface area contributed by atoms with Gasteiger partial charge in [-0.1, -0.05) is 35.9 Å². The molecule has 0 spiro atoms. The number of amides is 1. The third-order valence-electron chi connectivity index (χ3n) is 8.63. The molecule has 2 aromatic carbocycles. The third-order valence-corrected chi connectivity index (χ3v) is 9.04. The monoisotopic (exact) mass is 531 g/mol. The molecule has 0 bridgehead atoms. The van der Waals surface area contributed by atoms with E-state index in [2.05, 4.69) is 75.2 Å². The minimum Gasteiger partial charge on any atom is -0.338 e. The molecule has 0 radical (unpaired) electrons. The Balaban J connectivity index is 1.26. The Kier molecular flexibility index (Phi) is 7.73. The molecule has 0 saturated carbocycles. The summed E-state index contributed by atoms with van der Waals surface area (Å²) in [5.41, 5.74) is 5.74. The molecule has 1 amide bonds. The van der Waals surface area contributed by atoms with Gasteiger partial charge in [0.1, 0.15) is 6.33 Å². The fourth-order valence-corrected chi connectivity index (χ4v) is 6.30. The minimum atomic E-state index is 0.0663. The van der Waals surface area contributed by atoms with E-state index >= 15 is 0 Å². The molecule has 2 fully saturated rings. The van der Waals surface area contributed by atoms with Crippen LogP contribution in [-0.4, -0.2) is 63.4 Å². The summed E-state index contributed by atoms with van der Waals surface area (Å²) in [6, 6.07) is 17.5. The second kappa shape index (κ2) is 11.0. The summed E-state index contributed by atoms with van der Waals surface area (Å²) in [7, 11) is 0. The van der Waals surface area contributed by atoms with Crippen molar-refractivity contribution in [1.29, 1.82) is 0 Å². The van der Waals surface area contributed by atoms with Gasteiger partial charge in [0.05, 0.1) is 17.0 Å². The number of hydrogen-bond acceptors (Lipinski definition) is 5. The Morgan fingerprint density at radius 2 is 1.55 bits per heavy atom. The maximum Gasteiger partial charge on any atom is 0.257 e. The van der Waals surface area contributed by atoms with Crippen molar-refractivity contribution in [2.75, 3.05) is 31.1 Å². The Morgan fingerprint density at radius 3 is 2.16 bits per heavy atom. The van der Waals surface area contributed by atoms with Gasteiger partial charge < -0.3 is 9.80 Å². The normalized spacial score (nSPS) is 18.4. The second-order valence-electron chi connectivity index (χ2n) is 11.1. The highest BCUT2D eigenvalue weighted by Gasteiger charge is 2.40. The van der Waals surface area contributed by atoms with E-state index in [0.717, 1.165) is 79.5 Å². The zero-order valence-electron chi connectivity index (χ0n) is 23.0. The van der Waals surface area contributed by atoms with Crippen LogP contribution in [0.1, 0.15) is 59.9 Å². The number of para-hydroxylation sites is 1. The topological polar surface area (TPSA) is 52.6 Å². The van der Waals surface area contributed by atoms with Crippen molar-refractivity contribution < 1.29 is 4.79 Å². The number of aromatic nitrogens is 2. The summed E-state index contributed by atoms with van der Waals surface area (Å²) in [5.74, 6) is 0.0663. The van der Waals surface area contributed by atoms with E-state index < -0.39 is 0 Å². The van der Waals surface area contributed by atoms with Crippen LogP contribution in [0.15, 0.2) is 54.9 Å². The number of nitrogens with zero attached hydrogens (tertiary/aromatic N) is 5. The van der Waals surface area contributed by atoms with Crippen molar-refractivity contribution >= 4 is 28.9 Å². The molecule has 2 aliphatic rings. The highest BCUT2D eigenvalue weighted by Crippen LogP contribution is 2.37. The molecule has 2 aliphatic heterocycles. The Morgan fingerprint density at radius 1 is 0.921 bits per heavy atom. The van der Waals surface area contributed by atoms with E-state index in [-0.39, 0.29) is 11.4 Å². The molecule has 0 N–H and O–H groups in total. The van der Waals surface area contributed by atoms with Crippen LogP contribution in [0.5, 0.6) is 0 Å². The van der Waals surface area contributed by atoms with Gasteiger partial charge in [-0.3, -0.25) is 9.69 Å². The van der Waals surface area contributed by atoms with Crippen molar-refractivity contribution in [2.45, 2.75) is 65.0 Å². The summed E-state index contributed by atoms with van der Waals surface area (Å²) in [4.78, 5) is 28.9. The predicted molar refractivity (Wildman–Crippen MR) is 154 cm³/mol. The highest BCUT2D eigenvalue weighted by atomic mass is 35.5. The molecule has 3 aromatic rings. The summed E-state index contributed by atoms with van der Waals surface area (Å²) in [6.45, 7) is 11.8. The number of anilines is 2. The smallest absolute Gasteiger partial charge is 0.257 e. The number of rotatable bonds is 5. The number of carbonyl (C=O) groups is 1. The van der Waals surface area contributed by atoms with Crippen molar-refractivity contribution in [1.82, 2.24) is 19.8 Å². The molecule has 0 aliphatic carbocycles. The number of piperidine rings is 2. The highest BCUT2D eigenvalue weighted by molar-refractivity contribution is 6.31. The first-order chi connectivity index (χ1) is 18.3. The Labute approximate surface area is 231 Å². The molecular formula is C31H38ClN5O. The molecule has 5 rings (SSSR count). The third kappa shape index (κ3) is 5.29. The predicted octanol–water partition coefficient (Wildman–Crippen LogP) is 6.35. The largest absolute Gasteiger partial charge is 0.338 e. The minimum absolute atomic E-state index is 0.0663. The van der Waals surface area contributed by atoms with Gasteiger partial charge in [0.15, 0.2) is 0 Å². The number of likely N-dealkylation sites (tertiary alicyclic amines) is 2. The summed E-state index contributed by atoms with van der Waals surface area (Å²) in [5, 5.41) is 0.808. The SMILES string of the molecule is Cc1ccc(N(c2ccccc2)C2CCN(C3(C)CCN(C(=O)c4c(C)ncnc4C)CC3)CC2)cc1Cl. The molecule has 7 heteroatoms. The number of hydrogen-bond donors (Lipinski definition) is 0. The van der Waals surface area contributed by atoms with Crippen LogP contribution in [-0.2, 0) is 0 Å². The first-order valence-electron chi connectivity index (χ1n) is 13.7. The molecule has 6 nitrogen and oxygen atoms in total. The fraction of sp³-hybridized carbons (Fsp3) is 0.452. The molecule has 0 atom stereocenters. The van der Waals surface area contributed by atoms with Gasteiger partial charge in [-0.25, -0.2) is 9.97 Å². The lowest BCUT2D eigenvalue weighted by Crippen LogP contribution is -2.58. The van der Waals surface area contributed by atoms with Crippen molar-refractivity contribution in [3.63, 3.8) is 0 Å². The summed E-state index contributed by atoms with van der Waals surface area (Å²) in [6.07, 6.45) is 5.65. The van der Waals surface area contributed by atoms with E-state index in [1.54, 1.807) is 0 Å². The van der Waals surface area contributed by atoms with E-state index in [1.807, 2.05) is 25.7 Å². The molecule has 0 unspecified atom stereocenters. The summed E-state index contributed by atoms with van der Waals surface area (Å²) >= 11 is 6.55. The van der Waals surface area contributed by atoms with Crippen LogP contribution in [0, 0.1) is 20.8 Å². The molecule has 38 heavy (non-hydrogen) atoms. The van der Waals surface area contributed by atoms with E-state index in [1.165, 1.54) is 12.0 Å². The van der Waals surface area contributed by atoms with Gasteiger partial charge in [0.2, 0.25) is 0 Å². The van der Waals surface area contributed by atoms with Crippen molar-refractivity contribution in [3.05, 3.63) is 82.4 Å². The zero-order valence-corrected chi connectivity index (χ0v) is 23.7. The zero-order chi connectivity index (χ0) is 26.9. The lowest BCUT2D eigenvalue weighted by molar-refractivity contribution is 0.0176. The average Bonchev–Trinajstić information content (AvgIpc) is 2.92. The maximum absolute atomic E-state index is 13.3. The van der Waals surface area contributed by atoms with Crippen LogP contribution < -0.4 is 4.90 Å². The van der Waals surface area contributed by atoms with Crippen molar-refractivity contribution in [2.24, 2.45) is 0 Å². The number of carbonyl (C=O) groups excluding carboxylic acids is 1. The molecular weight excluding hydrogens is 494 g/mol. The quantitative estimate of drug-likeness (QED) is 0.384. The number of benzene rings is 2. The first-order valence-corrected chi connectivity index (χ1v) is 14.1. The fourth-order valence-electron chi connectivity index (χ4n) is 6.12. The molecule has 2 saturated heterocycles. The Hall–Kier alpha value is -2.96. The standard InChI is InChI=1S/C31H38ClN5O/c1-22-10-11-27(20-28(22)32)37(25-8-6-5-7-9-25)26-12-16-36(17-13-26)31(4)14-18-35(19-15-31)30(38)29-23(2)33-21-34-24(29)3/h5-11,20-21,26H,12-19H2,1-4H3. The van der Waals surface area contributed by atoms with Gasteiger partial charge in [-0.2, -0.15) is 0 Å². The van der Waals surface area contributed by atoms with Gasteiger partial charge in [-0.15, -0.1) is 0 Å². The number of aryl methyl sites for hydroxylation is 3. The molecule has 1 aromatic heterocycles. The van der Waals surface area contributed by atoms with Crippen LogP contribution in [0.25, 0.3) is 0 Å². The maximum atomic E-state index is 13.3. The first kappa shape index (κ1) is 26.6. The van der Waals surface area contributed by atoms with Crippen LogP contribution in [0.2, 0.25) is 5.02 Å². The van der Waals surface area contributed by atoms with Crippen LogP contribution in [0.4, 0.5) is 11.4 Å². The van der Waals surface area contributed by atoms with Gasteiger partial charge in [0.25, 0.3) is 5.91 Å². The Bertz CT molecular complexity index is 1260. The van der Waals surface area contributed by atoms with Crippen LogP contribution in [0.3, 0.4) is 0 Å². The van der Waals surface area contributed by atoms with Gasteiger partial charge >= 0.3 is 0 Å². The van der Waals surface area contributed by atoms with Gasteiger partial charge in [-0.05, 0) is 83.2 Å². The lowest BCUT2D eigenvalue weighted by Gasteiger charge is -2.50.